The van der Waals surface area contributed by atoms with Crippen molar-refractivity contribution in [2.75, 3.05) is 13.7 Å². The molecule has 0 unspecified atom stereocenters. The van der Waals surface area contributed by atoms with Crippen LogP contribution >= 0.6 is 0 Å². The first kappa shape index (κ1) is 19.7. The molecule has 5 heteroatoms. The Labute approximate surface area is 160 Å². The second-order valence-corrected chi connectivity index (χ2v) is 6.46. The zero-order valence-corrected chi connectivity index (χ0v) is 15.5. The van der Waals surface area contributed by atoms with E-state index < -0.39 is 24.6 Å². The fourth-order valence-electron chi connectivity index (χ4n) is 3.11. The molecule has 0 radical (unpaired) electrons. The Morgan fingerprint density at radius 1 is 0.926 bits per heavy atom. The Morgan fingerprint density at radius 3 is 2.00 bits per heavy atom. The van der Waals surface area contributed by atoms with Crippen LogP contribution in [0.4, 0.5) is 0 Å². The number of aliphatic hydroxyl groups excluding tert-OH is 1. The molecular weight excluding hydrogens is 344 g/mol. The lowest BCUT2D eigenvalue weighted by molar-refractivity contribution is -0.263. The van der Waals surface area contributed by atoms with Gasteiger partial charge < -0.3 is 24.1 Å². The van der Waals surface area contributed by atoms with Crippen molar-refractivity contribution in [2.24, 2.45) is 0 Å². The minimum Gasteiger partial charge on any atom is -0.393 e. The summed E-state index contributed by atoms with van der Waals surface area (Å²) in [6.45, 7) is 4.71. The van der Waals surface area contributed by atoms with Crippen molar-refractivity contribution in [2.45, 2.75) is 37.8 Å². The summed E-state index contributed by atoms with van der Waals surface area (Å²) in [7, 11) is 1.56. The smallest absolute Gasteiger partial charge is 0.187 e. The van der Waals surface area contributed by atoms with Crippen LogP contribution in [0.3, 0.4) is 0 Å². The molecule has 2 aromatic rings. The lowest BCUT2D eigenvalue weighted by Gasteiger charge is -2.41. The van der Waals surface area contributed by atoms with Gasteiger partial charge in [-0.25, -0.2) is 0 Å². The van der Waals surface area contributed by atoms with Gasteiger partial charge in [0.05, 0.1) is 19.8 Å². The van der Waals surface area contributed by atoms with Gasteiger partial charge in [0.15, 0.2) is 6.29 Å². The minimum atomic E-state index is -0.655. The molecule has 4 atom stereocenters. The third kappa shape index (κ3) is 5.03. The first-order chi connectivity index (χ1) is 13.2. The highest BCUT2D eigenvalue weighted by Gasteiger charge is 2.43. The van der Waals surface area contributed by atoms with Crippen LogP contribution < -0.4 is 0 Å². The molecular formula is C22H26O5. The molecule has 0 aliphatic carbocycles. The van der Waals surface area contributed by atoms with Crippen LogP contribution in [0, 0.1) is 0 Å². The minimum absolute atomic E-state index is 0.185. The molecule has 27 heavy (non-hydrogen) atoms. The van der Waals surface area contributed by atoms with E-state index in [0.717, 1.165) is 11.1 Å². The summed E-state index contributed by atoms with van der Waals surface area (Å²) in [6.07, 6.45) is -2.15. The Kier molecular flexibility index (Phi) is 7.15. The largest absolute Gasteiger partial charge is 0.393 e. The van der Waals surface area contributed by atoms with E-state index in [9.17, 15) is 5.11 Å². The Balaban J connectivity index is 1.74. The summed E-state index contributed by atoms with van der Waals surface area (Å²) < 4.78 is 23.5. The van der Waals surface area contributed by atoms with Gasteiger partial charge in [0.2, 0.25) is 0 Å². The van der Waals surface area contributed by atoms with Gasteiger partial charge in [0, 0.05) is 7.11 Å². The molecule has 0 spiro atoms. The lowest BCUT2D eigenvalue weighted by atomic mass is 9.96. The summed E-state index contributed by atoms with van der Waals surface area (Å²) in [5, 5.41) is 9.63. The van der Waals surface area contributed by atoms with Gasteiger partial charge in [-0.3, -0.25) is 0 Å². The number of hydrogen-bond donors (Lipinski definition) is 1. The molecule has 0 bridgehead atoms. The normalized spacial score (nSPS) is 25.5. The van der Waals surface area contributed by atoms with Crippen LogP contribution in [0.25, 0.3) is 0 Å². The number of benzene rings is 2. The van der Waals surface area contributed by atoms with Gasteiger partial charge >= 0.3 is 0 Å². The Hall–Kier alpha value is -2.02. The first-order valence-corrected chi connectivity index (χ1v) is 9.01. The molecule has 1 aliphatic heterocycles. The summed E-state index contributed by atoms with van der Waals surface area (Å²) in [5.74, 6) is 0. The van der Waals surface area contributed by atoms with Gasteiger partial charge in [-0.05, 0) is 16.7 Å². The maximum atomic E-state index is 9.63. The molecule has 1 heterocycles. The highest BCUT2D eigenvalue weighted by atomic mass is 16.7. The van der Waals surface area contributed by atoms with Gasteiger partial charge in [-0.1, -0.05) is 67.2 Å². The molecule has 0 aromatic heterocycles. The van der Waals surface area contributed by atoms with E-state index in [1.165, 1.54) is 0 Å². The van der Waals surface area contributed by atoms with E-state index >= 15 is 0 Å². The van der Waals surface area contributed by atoms with Crippen molar-refractivity contribution in [3.8, 4) is 0 Å². The van der Waals surface area contributed by atoms with Crippen molar-refractivity contribution in [3.63, 3.8) is 0 Å². The summed E-state index contributed by atoms with van der Waals surface area (Å²) in [6, 6.07) is 19.8. The van der Waals surface area contributed by atoms with Gasteiger partial charge in [0.1, 0.15) is 18.3 Å². The van der Waals surface area contributed by atoms with Crippen molar-refractivity contribution in [1.29, 1.82) is 0 Å². The van der Waals surface area contributed by atoms with Crippen LogP contribution in [-0.4, -0.2) is 43.4 Å². The molecule has 5 nitrogen and oxygen atoms in total. The topological polar surface area (TPSA) is 57.2 Å². The summed E-state index contributed by atoms with van der Waals surface area (Å²) in [5.41, 5.74) is 2.75. The number of methoxy groups -OCH3 is 1. The quantitative estimate of drug-likeness (QED) is 0.724. The van der Waals surface area contributed by atoms with E-state index in [0.29, 0.717) is 18.8 Å². The van der Waals surface area contributed by atoms with E-state index in [1.807, 2.05) is 60.7 Å². The second kappa shape index (κ2) is 9.78. The van der Waals surface area contributed by atoms with Crippen LogP contribution in [0.15, 0.2) is 72.8 Å². The van der Waals surface area contributed by atoms with E-state index in [-0.39, 0.29) is 6.61 Å². The third-order valence-corrected chi connectivity index (χ3v) is 4.60. The summed E-state index contributed by atoms with van der Waals surface area (Å²) in [4.78, 5) is 0. The Bertz CT molecular complexity index is 703. The molecule has 1 saturated heterocycles. The van der Waals surface area contributed by atoms with Crippen LogP contribution in [0.2, 0.25) is 0 Å². The van der Waals surface area contributed by atoms with Crippen LogP contribution in [0.1, 0.15) is 11.1 Å². The monoisotopic (exact) mass is 370 g/mol. The number of hydrogen-bond acceptors (Lipinski definition) is 5. The molecule has 1 aliphatic rings. The molecule has 3 rings (SSSR count). The zero-order chi connectivity index (χ0) is 19.1. The number of rotatable bonds is 8. The maximum Gasteiger partial charge on any atom is 0.187 e. The number of aliphatic hydroxyl groups is 1. The van der Waals surface area contributed by atoms with E-state index in [2.05, 4.69) is 6.58 Å². The fraction of sp³-hybridized carbons (Fsp3) is 0.364. The highest BCUT2D eigenvalue weighted by Crippen LogP contribution is 2.30. The molecule has 144 valence electrons. The third-order valence-electron chi connectivity index (χ3n) is 4.60. The van der Waals surface area contributed by atoms with Crippen LogP contribution in [-0.2, 0) is 32.2 Å². The molecule has 1 N–H and O–H groups in total. The zero-order valence-electron chi connectivity index (χ0n) is 15.5. The van der Waals surface area contributed by atoms with Crippen molar-refractivity contribution in [3.05, 3.63) is 83.9 Å². The predicted molar refractivity (Wildman–Crippen MR) is 102 cm³/mol. The molecule has 0 amide bonds. The molecule has 0 saturated carbocycles. The predicted octanol–water partition coefficient (Wildman–Crippen LogP) is 3.08. The Morgan fingerprint density at radius 2 is 1.48 bits per heavy atom. The van der Waals surface area contributed by atoms with Gasteiger partial charge in [0.25, 0.3) is 0 Å². The van der Waals surface area contributed by atoms with E-state index in [1.54, 1.807) is 7.11 Å². The van der Waals surface area contributed by atoms with Crippen molar-refractivity contribution < 1.29 is 24.1 Å². The standard InChI is InChI=1S/C22H26O5/c1-16-19(13-23)27-22(24-2)21(26-15-18-11-7-4-8-12-18)20(16)25-14-17-9-5-3-6-10-17/h3-12,19-23H,1,13-15H2,2H3/t19-,20+,21-,22-/m1/s1. The van der Waals surface area contributed by atoms with E-state index in [4.69, 9.17) is 18.9 Å². The second-order valence-electron chi connectivity index (χ2n) is 6.46. The summed E-state index contributed by atoms with van der Waals surface area (Å²) >= 11 is 0. The van der Waals surface area contributed by atoms with Crippen molar-refractivity contribution >= 4 is 0 Å². The van der Waals surface area contributed by atoms with Crippen LogP contribution in [0.5, 0.6) is 0 Å². The number of ether oxygens (including phenoxy) is 4. The average Bonchev–Trinajstić information content (AvgIpc) is 2.73. The molecule has 2 aromatic carbocycles. The fourth-order valence-corrected chi connectivity index (χ4v) is 3.11. The maximum absolute atomic E-state index is 9.63. The average molecular weight is 370 g/mol. The van der Waals surface area contributed by atoms with Crippen molar-refractivity contribution in [1.82, 2.24) is 0 Å². The lowest BCUT2D eigenvalue weighted by Crippen LogP contribution is -2.53. The SMILES string of the molecule is C=C1[C@@H](CO)O[C@@H](OC)[C@H](OCc2ccccc2)[C@H]1OCc1ccccc1. The van der Waals surface area contributed by atoms with Gasteiger partial charge in [-0.15, -0.1) is 0 Å². The molecule has 1 fully saturated rings. The highest BCUT2D eigenvalue weighted by molar-refractivity contribution is 5.18. The first-order valence-electron chi connectivity index (χ1n) is 9.01. The van der Waals surface area contributed by atoms with Gasteiger partial charge in [-0.2, -0.15) is 0 Å².